The number of carbonyl (C=O) groups excluding carboxylic acids is 1. The molecule has 0 aliphatic heterocycles. The molecule has 122 valence electrons. The summed E-state index contributed by atoms with van der Waals surface area (Å²) in [6.07, 6.45) is 5.17. The summed E-state index contributed by atoms with van der Waals surface area (Å²) in [5, 5.41) is 7.03. The largest absolute Gasteiger partial charge is 0.478 e. The summed E-state index contributed by atoms with van der Waals surface area (Å²) in [6.45, 7) is 3.13. The summed E-state index contributed by atoms with van der Waals surface area (Å²) in [5.74, 6) is 0.308. The molecular formula is C18H18N4O2. The van der Waals surface area contributed by atoms with Gasteiger partial charge in [-0.25, -0.2) is 4.98 Å². The van der Waals surface area contributed by atoms with Crippen molar-refractivity contribution in [2.75, 3.05) is 11.9 Å². The predicted octanol–water partition coefficient (Wildman–Crippen LogP) is 2.98. The van der Waals surface area contributed by atoms with Crippen LogP contribution in [0, 0.1) is 0 Å². The minimum Gasteiger partial charge on any atom is -0.478 e. The number of amides is 1. The van der Waals surface area contributed by atoms with Gasteiger partial charge in [0.05, 0.1) is 18.7 Å². The van der Waals surface area contributed by atoms with Gasteiger partial charge in [0.2, 0.25) is 5.88 Å². The molecule has 0 saturated heterocycles. The van der Waals surface area contributed by atoms with Crippen LogP contribution in [0.25, 0.3) is 0 Å². The van der Waals surface area contributed by atoms with Crippen molar-refractivity contribution in [2.45, 2.75) is 13.5 Å². The molecule has 0 spiro atoms. The number of benzene rings is 1. The molecule has 0 radical (unpaired) electrons. The van der Waals surface area contributed by atoms with Gasteiger partial charge in [0, 0.05) is 30.3 Å². The lowest BCUT2D eigenvalue weighted by molar-refractivity contribution is 0.102. The van der Waals surface area contributed by atoms with Crippen LogP contribution in [0.2, 0.25) is 0 Å². The zero-order chi connectivity index (χ0) is 16.8. The van der Waals surface area contributed by atoms with Crippen LogP contribution in [0.3, 0.4) is 0 Å². The highest BCUT2D eigenvalue weighted by Gasteiger charge is 2.07. The van der Waals surface area contributed by atoms with Crippen LogP contribution in [-0.4, -0.2) is 27.3 Å². The van der Waals surface area contributed by atoms with E-state index in [1.165, 1.54) is 6.20 Å². The zero-order valence-electron chi connectivity index (χ0n) is 13.3. The van der Waals surface area contributed by atoms with E-state index in [1.54, 1.807) is 18.3 Å². The summed E-state index contributed by atoms with van der Waals surface area (Å²) >= 11 is 0. The normalized spacial score (nSPS) is 10.4. The Balaban J connectivity index is 1.61. The Morgan fingerprint density at radius 3 is 2.67 bits per heavy atom. The van der Waals surface area contributed by atoms with Crippen LogP contribution in [0.5, 0.6) is 5.88 Å². The standard InChI is InChI=1S/C18H18N4O2/c1-2-24-17-9-6-15(12-19-17)18(23)21-16-7-4-14(5-8-16)13-22-11-3-10-20-22/h3-12H,2,13H2,1H3,(H,21,23). The van der Waals surface area contributed by atoms with Gasteiger partial charge in [-0.05, 0) is 36.8 Å². The summed E-state index contributed by atoms with van der Waals surface area (Å²) < 4.78 is 7.11. The van der Waals surface area contributed by atoms with Crippen molar-refractivity contribution < 1.29 is 9.53 Å². The lowest BCUT2D eigenvalue weighted by Gasteiger charge is -2.07. The first-order valence-corrected chi connectivity index (χ1v) is 7.71. The first kappa shape index (κ1) is 15.7. The number of ether oxygens (including phenoxy) is 1. The number of nitrogens with zero attached hydrogens (tertiary/aromatic N) is 3. The quantitative estimate of drug-likeness (QED) is 0.757. The van der Waals surface area contributed by atoms with Crippen molar-refractivity contribution in [3.8, 4) is 5.88 Å². The number of aromatic nitrogens is 3. The number of pyridine rings is 1. The highest BCUT2D eigenvalue weighted by atomic mass is 16.5. The molecule has 2 aromatic heterocycles. The topological polar surface area (TPSA) is 69.0 Å². The number of nitrogens with one attached hydrogen (secondary N) is 1. The summed E-state index contributed by atoms with van der Waals surface area (Å²) in [4.78, 5) is 16.3. The Morgan fingerprint density at radius 2 is 2.04 bits per heavy atom. The minimum atomic E-state index is -0.203. The Morgan fingerprint density at radius 1 is 1.21 bits per heavy atom. The van der Waals surface area contributed by atoms with Gasteiger partial charge in [-0.2, -0.15) is 5.10 Å². The van der Waals surface area contributed by atoms with E-state index in [0.29, 0.717) is 24.6 Å². The molecule has 1 amide bonds. The number of carbonyl (C=O) groups is 1. The third-order valence-electron chi connectivity index (χ3n) is 3.41. The molecular weight excluding hydrogens is 304 g/mol. The van der Waals surface area contributed by atoms with Gasteiger partial charge in [-0.3, -0.25) is 9.48 Å². The molecule has 0 atom stereocenters. The Kier molecular flexibility index (Phi) is 4.86. The molecule has 6 nitrogen and oxygen atoms in total. The molecule has 0 fully saturated rings. The first-order valence-electron chi connectivity index (χ1n) is 7.71. The van der Waals surface area contributed by atoms with Crippen molar-refractivity contribution in [1.29, 1.82) is 0 Å². The Labute approximate surface area is 140 Å². The number of rotatable bonds is 6. The molecule has 2 heterocycles. The molecule has 1 aromatic carbocycles. The summed E-state index contributed by atoms with van der Waals surface area (Å²) in [6, 6.07) is 12.9. The fourth-order valence-corrected chi connectivity index (χ4v) is 2.23. The van der Waals surface area contributed by atoms with Crippen LogP contribution < -0.4 is 10.1 Å². The van der Waals surface area contributed by atoms with E-state index >= 15 is 0 Å². The number of hydrogen-bond donors (Lipinski definition) is 1. The molecule has 0 saturated carbocycles. The van der Waals surface area contributed by atoms with Gasteiger partial charge in [0.25, 0.3) is 5.91 Å². The SMILES string of the molecule is CCOc1ccc(C(=O)Nc2ccc(Cn3cccn3)cc2)cn1. The van der Waals surface area contributed by atoms with Crippen molar-refractivity contribution >= 4 is 11.6 Å². The van der Waals surface area contributed by atoms with Crippen LogP contribution >= 0.6 is 0 Å². The molecule has 3 aromatic rings. The van der Waals surface area contributed by atoms with Crippen LogP contribution in [0.1, 0.15) is 22.8 Å². The smallest absolute Gasteiger partial charge is 0.257 e. The van der Waals surface area contributed by atoms with Crippen LogP contribution in [-0.2, 0) is 6.54 Å². The zero-order valence-corrected chi connectivity index (χ0v) is 13.3. The average molecular weight is 322 g/mol. The third kappa shape index (κ3) is 3.98. The maximum Gasteiger partial charge on any atom is 0.257 e. The third-order valence-corrected chi connectivity index (χ3v) is 3.41. The molecule has 1 N–H and O–H groups in total. The Bertz CT molecular complexity index is 781. The van der Waals surface area contributed by atoms with Gasteiger partial charge in [0.15, 0.2) is 0 Å². The monoisotopic (exact) mass is 322 g/mol. The fourth-order valence-electron chi connectivity index (χ4n) is 2.23. The second-order valence-corrected chi connectivity index (χ2v) is 5.17. The molecule has 0 unspecified atom stereocenters. The van der Waals surface area contributed by atoms with Crippen molar-refractivity contribution in [1.82, 2.24) is 14.8 Å². The van der Waals surface area contributed by atoms with Gasteiger partial charge < -0.3 is 10.1 Å². The maximum atomic E-state index is 12.2. The Hall–Kier alpha value is -3.15. The average Bonchev–Trinajstić information content (AvgIpc) is 3.10. The molecule has 6 heteroatoms. The van der Waals surface area contributed by atoms with E-state index in [-0.39, 0.29) is 5.91 Å². The van der Waals surface area contributed by atoms with E-state index in [2.05, 4.69) is 15.4 Å². The molecule has 0 bridgehead atoms. The van der Waals surface area contributed by atoms with Crippen molar-refractivity contribution in [3.63, 3.8) is 0 Å². The fraction of sp³-hybridized carbons (Fsp3) is 0.167. The molecule has 24 heavy (non-hydrogen) atoms. The van der Waals surface area contributed by atoms with Gasteiger partial charge in [-0.15, -0.1) is 0 Å². The number of hydrogen-bond acceptors (Lipinski definition) is 4. The predicted molar refractivity (Wildman–Crippen MR) is 91.1 cm³/mol. The summed E-state index contributed by atoms with van der Waals surface area (Å²) in [7, 11) is 0. The second kappa shape index (κ2) is 7.41. The minimum absolute atomic E-state index is 0.203. The van der Waals surface area contributed by atoms with E-state index in [1.807, 2.05) is 48.1 Å². The lowest BCUT2D eigenvalue weighted by Crippen LogP contribution is -2.12. The van der Waals surface area contributed by atoms with Crippen molar-refractivity contribution in [3.05, 3.63) is 72.2 Å². The van der Waals surface area contributed by atoms with Crippen molar-refractivity contribution in [2.24, 2.45) is 0 Å². The lowest BCUT2D eigenvalue weighted by atomic mass is 10.2. The van der Waals surface area contributed by atoms with E-state index in [4.69, 9.17) is 4.74 Å². The maximum absolute atomic E-state index is 12.2. The van der Waals surface area contributed by atoms with Gasteiger partial charge in [0.1, 0.15) is 0 Å². The molecule has 3 rings (SSSR count). The molecule has 0 aliphatic carbocycles. The first-order chi connectivity index (χ1) is 11.7. The summed E-state index contributed by atoms with van der Waals surface area (Å²) in [5.41, 5.74) is 2.33. The number of anilines is 1. The van der Waals surface area contributed by atoms with E-state index in [0.717, 1.165) is 11.3 Å². The van der Waals surface area contributed by atoms with Crippen LogP contribution in [0.4, 0.5) is 5.69 Å². The highest BCUT2D eigenvalue weighted by Crippen LogP contribution is 2.13. The van der Waals surface area contributed by atoms with Crippen LogP contribution in [0.15, 0.2) is 61.1 Å². The second-order valence-electron chi connectivity index (χ2n) is 5.17. The van der Waals surface area contributed by atoms with E-state index < -0.39 is 0 Å². The highest BCUT2D eigenvalue weighted by molar-refractivity contribution is 6.04. The van der Waals surface area contributed by atoms with Gasteiger partial charge >= 0.3 is 0 Å². The van der Waals surface area contributed by atoms with Gasteiger partial charge in [-0.1, -0.05) is 12.1 Å². The van der Waals surface area contributed by atoms with E-state index in [9.17, 15) is 4.79 Å². The molecule has 0 aliphatic rings.